The molecular weight excluding hydrogens is 498 g/mol. The fourth-order valence-corrected chi connectivity index (χ4v) is 5.06. The highest BCUT2D eigenvalue weighted by atomic mass is 35.5. The number of benzene rings is 1. The number of nitrogens with zero attached hydrogens (tertiary/aromatic N) is 2. The van der Waals surface area contributed by atoms with E-state index in [-0.39, 0.29) is 19.1 Å². The number of nitrogens with one attached hydrogen (secondary N) is 3. The number of H-pyrrole nitrogens is 1. The van der Waals surface area contributed by atoms with E-state index >= 15 is 0 Å². The van der Waals surface area contributed by atoms with Gasteiger partial charge in [0.1, 0.15) is 18.5 Å². The van der Waals surface area contributed by atoms with Crippen LogP contribution in [0, 0.1) is 0 Å². The summed E-state index contributed by atoms with van der Waals surface area (Å²) >= 11 is 6.46. The Morgan fingerprint density at radius 1 is 1.38 bits per heavy atom. The number of pyridine rings is 1. The highest BCUT2D eigenvalue weighted by Crippen LogP contribution is 2.41. The fourth-order valence-electron chi connectivity index (χ4n) is 4.75. The van der Waals surface area contributed by atoms with Crippen LogP contribution < -0.4 is 15.4 Å². The molecule has 0 unspecified atom stereocenters. The maximum absolute atomic E-state index is 13.0. The SMILES string of the molecule is CCc1c(Cl)cccc1Nc1c(-c2ccncc2OC[C@@H]2CN(C(=O)O)CCO2)[nH]c2c1C(=O)NCC2. The summed E-state index contributed by atoms with van der Waals surface area (Å²) in [4.78, 5) is 33.3. The molecule has 10 nitrogen and oxygen atoms in total. The Morgan fingerprint density at radius 2 is 2.24 bits per heavy atom. The van der Waals surface area contributed by atoms with Crippen molar-refractivity contribution in [2.24, 2.45) is 0 Å². The summed E-state index contributed by atoms with van der Waals surface area (Å²) in [5, 5.41) is 16.4. The molecule has 5 rings (SSSR count). The number of anilines is 2. The van der Waals surface area contributed by atoms with Gasteiger partial charge in [-0.15, -0.1) is 0 Å². The topological polar surface area (TPSA) is 129 Å². The van der Waals surface area contributed by atoms with Gasteiger partial charge in [0.05, 0.1) is 36.3 Å². The molecule has 11 heteroatoms. The van der Waals surface area contributed by atoms with E-state index in [1.165, 1.54) is 4.90 Å². The number of rotatable bonds is 7. The number of carbonyl (C=O) groups excluding carboxylic acids is 1. The van der Waals surface area contributed by atoms with Crippen LogP contribution >= 0.6 is 11.6 Å². The maximum Gasteiger partial charge on any atom is 0.407 e. The first-order valence-corrected chi connectivity index (χ1v) is 12.6. The van der Waals surface area contributed by atoms with Gasteiger partial charge in [-0.2, -0.15) is 0 Å². The van der Waals surface area contributed by atoms with E-state index in [4.69, 9.17) is 21.1 Å². The fraction of sp³-hybridized carbons (Fsp3) is 0.346. The number of hydrogen-bond donors (Lipinski definition) is 4. The van der Waals surface area contributed by atoms with Crippen molar-refractivity contribution < 1.29 is 24.2 Å². The summed E-state index contributed by atoms with van der Waals surface area (Å²) in [7, 11) is 0. The second-order valence-corrected chi connectivity index (χ2v) is 9.29. The van der Waals surface area contributed by atoms with Crippen molar-refractivity contribution in [3.63, 3.8) is 0 Å². The van der Waals surface area contributed by atoms with Gasteiger partial charge in [-0.05, 0) is 30.2 Å². The Bertz CT molecular complexity index is 1330. The van der Waals surface area contributed by atoms with Crippen molar-refractivity contribution in [1.29, 1.82) is 0 Å². The molecular formula is C26H28ClN5O5. The number of carbonyl (C=O) groups is 2. The van der Waals surface area contributed by atoms with Gasteiger partial charge in [-0.25, -0.2) is 4.79 Å². The number of hydrogen-bond acceptors (Lipinski definition) is 6. The normalized spacial score (nSPS) is 17.2. The lowest BCUT2D eigenvalue weighted by molar-refractivity contribution is -0.0411. The van der Waals surface area contributed by atoms with Gasteiger partial charge >= 0.3 is 6.09 Å². The summed E-state index contributed by atoms with van der Waals surface area (Å²) in [6, 6.07) is 7.47. The molecule has 0 saturated carbocycles. The molecule has 2 aromatic heterocycles. The van der Waals surface area contributed by atoms with Gasteiger partial charge in [-0.3, -0.25) is 9.78 Å². The van der Waals surface area contributed by atoms with Crippen molar-refractivity contribution in [3.8, 4) is 17.0 Å². The maximum atomic E-state index is 13.0. The standard InChI is InChI=1S/C26H28ClN5O5/c1-2-16-18(27)4-3-5-19(16)30-24-22-20(7-9-29-25(22)33)31-23(24)17-6-8-28-12-21(17)37-14-15-13-32(26(34)35)10-11-36-15/h3-6,8,12,15,30-31H,2,7,9-11,13-14H2,1H3,(H,29,33)(H,34,35)/t15-/m0/s1. The molecule has 1 saturated heterocycles. The van der Waals surface area contributed by atoms with Crippen LogP contribution in [0.3, 0.4) is 0 Å². The molecule has 4 heterocycles. The average molecular weight is 526 g/mol. The first-order valence-electron chi connectivity index (χ1n) is 12.2. The number of halogens is 1. The van der Waals surface area contributed by atoms with E-state index < -0.39 is 12.2 Å². The highest BCUT2D eigenvalue weighted by Gasteiger charge is 2.29. The Balaban J connectivity index is 1.50. The zero-order chi connectivity index (χ0) is 25.9. The zero-order valence-corrected chi connectivity index (χ0v) is 21.1. The van der Waals surface area contributed by atoms with Crippen LogP contribution in [0.1, 0.15) is 28.5 Å². The lowest BCUT2D eigenvalue weighted by atomic mass is 10.0. The molecule has 1 atom stereocenters. The lowest BCUT2D eigenvalue weighted by Gasteiger charge is -2.30. The molecule has 37 heavy (non-hydrogen) atoms. The second-order valence-electron chi connectivity index (χ2n) is 8.88. The second kappa shape index (κ2) is 10.7. The minimum absolute atomic E-state index is 0.153. The summed E-state index contributed by atoms with van der Waals surface area (Å²) < 4.78 is 11.8. The van der Waals surface area contributed by atoms with Crippen molar-refractivity contribution in [2.45, 2.75) is 25.9 Å². The Morgan fingerprint density at radius 3 is 3.05 bits per heavy atom. The van der Waals surface area contributed by atoms with E-state index in [0.29, 0.717) is 65.8 Å². The molecule has 0 aliphatic carbocycles. The Labute approximate surface area is 218 Å². The molecule has 1 fully saturated rings. The van der Waals surface area contributed by atoms with Gasteiger partial charge in [0, 0.05) is 47.7 Å². The van der Waals surface area contributed by atoms with E-state index in [2.05, 4.69) is 20.6 Å². The Kier molecular flexibility index (Phi) is 7.20. The molecule has 2 aliphatic heterocycles. The minimum Gasteiger partial charge on any atom is -0.488 e. The largest absolute Gasteiger partial charge is 0.488 e. The van der Waals surface area contributed by atoms with Crippen molar-refractivity contribution >= 4 is 35.0 Å². The van der Waals surface area contributed by atoms with Gasteiger partial charge in [-0.1, -0.05) is 24.6 Å². The number of carboxylic acid groups (broad SMARTS) is 1. The van der Waals surface area contributed by atoms with E-state index in [1.807, 2.05) is 31.2 Å². The van der Waals surface area contributed by atoms with Gasteiger partial charge < -0.3 is 35.1 Å². The number of ether oxygens (including phenoxy) is 2. The Hall–Kier alpha value is -3.76. The summed E-state index contributed by atoms with van der Waals surface area (Å²) in [5.74, 6) is 0.328. The van der Waals surface area contributed by atoms with Crippen LogP contribution in [0.5, 0.6) is 5.75 Å². The van der Waals surface area contributed by atoms with E-state index in [1.54, 1.807) is 12.4 Å². The third kappa shape index (κ3) is 5.07. The summed E-state index contributed by atoms with van der Waals surface area (Å²) in [5.41, 5.74) is 5.19. The van der Waals surface area contributed by atoms with Crippen LogP contribution in [0.2, 0.25) is 5.02 Å². The number of fused-ring (bicyclic) bond motifs is 1. The molecule has 0 spiro atoms. The lowest BCUT2D eigenvalue weighted by Crippen LogP contribution is -2.47. The average Bonchev–Trinajstić information content (AvgIpc) is 3.27. The molecule has 0 radical (unpaired) electrons. The quantitative estimate of drug-likeness (QED) is 0.366. The number of amides is 2. The van der Waals surface area contributed by atoms with Crippen molar-refractivity contribution in [3.05, 3.63) is 58.5 Å². The predicted molar refractivity (Wildman–Crippen MR) is 139 cm³/mol. The molecule has 1 aromatic carbocycles. The number of aromatic amines is 1. The van der Waals surface area contributed by atoms with Crippen LogP contribution in [0.4, 0.5) is 16.2 Å². The van der Waals surface area contributed by atoms with Gasteiger partial charge in [0.2, 0.25) is 0 Å². The van der Waals surface area contributed by atoms with Crippen molar-refractivity contribution in [1.82, 2.24) is 20.2 Å². The van der Waals surface area contributed by atoms with Crippen LogP contribution in [0.15, 0.2) is 36.7 Å². The summed E-state index contributed by atoms with van der Waals surface area (Å²) in [6.07, 6.45) is 3.26. The molecule has 4 N–H and O–H groups in total. The zero-order valence-electron chi connectivity index (χ0n) is 20.3. The third-order valence-corrected chi connectivity index (χ3v) is 6.94. The predicted octanol–water partition coefficient (Wildman–Crippen LogP) is 4.08. The van der Waals surface area contributed by atoms with Crippen LogP contribution in [-0.2, 0) is 17.6 Å². The first-order chi connectivity index (χ1) is 18.0. The van der Waals surface area contributed by atoms with Gasteiger partial charge in [0.15, 0.2) is 0 Å². The highest BCUT2D eigenvalue weighted by molar-refractivity contribution is 6.31. The summed E-state index contributed by atoms with van der Waals surface area (Å²) in [6.45, 7) is 3.59. The first kappa shape index (κ1) is 24.9. The number of aromatic nitrogens is 2. The van der Waals surface area contributed by atoms with Crippen LogP contribution in [0.25, 0.3) is 11.3 Å². The monoisotopic (exact) mass is 525 g/mol. The smallest absolute Gasteiger partial charge is 0.407 e. The van der Waals surface area contributed by atoms with Crippen molar-refractivity contribution in [2.75, 3.05) is 38.2 Å². The molecule has 2 aliphatic rings. The van der Waals surface area contributed by atoms with E-state index in [0.717, 1.165) is 16.9 Å². The molecule has 0 bridgehead atoms. The van der Waals surface area contributed by atoms with E-state index in [9.17, 15) is 14.7 Å². The molecule has 3 aromatic rings. The van der Waals surface area contributed by atoms with Gasteiger partial charge in [0.25, 0.3) is 5.91 Å². The minimum atomic E-state index is -0.978. The van der Waals surface area contributed by atoms with Crippen LogP contribution in [-0.4, -0.2) is 70.9 Å². The third-order valence-electron chi connectivity index (χ3n) is 6.59. The number of morpholine rings is 1. The molecule has 2 amide bonds. The molecule has 194 valence electrons.